The Balaban J connectivity index is 2.24. The Bertz CT molecular complexity index is 399. The van der Waals surface area contributed by atoms with Gasteiger partial charge in [0, 0.05) is 16.7 Å². The molecule has 100 valence electrons. The Kier molecular flexibility index (Phi) is 4.33. The van der Waals surface area contributed by atoms with Crippen molar-refractivity contribution in [2.75, 3.05) is 11.9 Å². The van der Waals surface area contributed by atoms with Crippen molar-refractivity contribution in [1.29, 1.82) is 0 Å². The fraction of sp³-hybridized carbons (Fsp3) is 0.600. The minimum absolute atomic E-state index is 0.0992. The van der Waals surface area contributed by atoms with Crippen molar-refractivity contribution in [1.82, 2.24) is 0 Å². The first-order chi connectivity index (χ1) is 8.59. The highest BCUT2D eigenvalue weighted by molar-refractivity contribution is 9.10. The minimum Gasteiger partial charge on any atom is -0.378 e. The highest BCUT2D eigenvalue weighted by Crippen LogP contribution is 2.40. The Morgan fingerprint density at radius 3 is 2.83 bits per heavy atom. The molecule has 2 rings (SSSR count). The topological polar surface area (TPSA) is 38.0 Å². The van der Waals surface area contributed by atoms with Gasteiger partial charge in [-0.05, 0) is 49.4 Å². The van der Waals surface area contributed by atoms with Crippen LogP contribution in [0, 0.1) is 12.8 Å². The molecule has 3 heteroatoms. The quantitative estimate of drug-likeness (QED) is 0.879. The Morgan fingerprint density at radius 1 is 1.44 bits per heavy atom. The smallest absolute Gasteiger partial charge is 0.0523 e. The molecular formula is C15H23BrN2. The molecule has 2 nitrogen and oxygen atoms in total. The summed E-state index contributed by atoms with van der Waals surface area (Å²) in [5.74, 6) is 0.696. The zero-order valence-corrected chi connectivity index (χ0v) is 12.9. The summed E-state index contributed by atoms with van der Waals surface area (Å²) >= 11 is 3.56. The molecule has 2 atom stereocenters. The molecule has 3 N–H and O–H groups in total. The van der Waals surface area contributed by atoms with Crippen LogP contribution in [0.2, 0.25) is 0 Å². The van der Waals surface area contributed by atoms with Crippen LogP contribution in [0.4, 0.5) is 5.69 Å². The molecule has 1 aromatic rings. The van der Waals surface area contributed by atoms with Gasteiger partial charge in [0.15, 0.2) is 0 Å². The Morgan fingerprint density at radius 2 is 2.22 bits per heavy atom. The van der Waals surface area contributed by atoms with Crippen molar-refractivity contribution in [2.24, 2.45) is 11.7 Å². The molecule has 1 fully saturated rings. The van der Waals surface area contributed by atoms with Gasteiger partial charge in [0.2, 0.25) is 0 Å². The molecule has 1 saturated carbocycles. The maximum absolute atomic E-state index is 6.08. The summed E-state index contributed by atoms with van der Waals surface area (Å²) in [5, 5.41) is 3.73. The van der Waals surface area contributed by atoms with Crippen molar-refractivity contribution in [2.45, 2.75) is 45.1 Å². The van der Waals surface area contributed by atoms with Gasteiger partial charge in [0.05, 0.1) is 5.54 Å². The number of hydrogen-bond donors (Lipinski definition) is 2. The number of hydrogen-bond acceptors (Lipinski definition) is 2. The molecule has 0 aliphatic heterocycles. The average Bonchev–Trinajstić information content (AvgIpc) is 2.71. The van der Waals surface area contributed by atoms with Crippen molar-refractivity contribution in [3.8, 4) is 0 Å². The van der Waals surface area contributed by atoms with Crippen LogP contribution in [0.25, 0.3) is 0 Å². The number of anilines is 1. The van der Waals surface area contributed by atoms with Crippen LogP contribution >= 0.6 is 15.9 Å². The first kappa shape index (κ1) is 13.9. The Hall–Kier alpha value is -0.540. The third kappa shape index (κ3) is 2.72. The van der Waals surface area contributed by atoms with Gasteiger partial charge in [-0.2, -0.15) is 0 Å². The number of halogens is 1. The first-order valence-electron chi connectivity index (χ1n) is 6.85. The number of benzene rings is 1. The number of nitrogens with two attached hydrogens (primary N) is 1. The lowest BCUT2D eigenvalue weighted by molar-refractivity contribution is 0.346. The van der Waals surface area contributed by atoms with Gasteiger partial charge in [-0.3, -0.25) is 0 Å². The summed E-state index contributed by atoms with van der Waals surface area (Å²) in [6.45, 7) is 5.11. The maximum atomic E-state index is 6.08. The van der Waals surface area contributed by atoms with Crippen LogP contribution in [0.1, 0.15) is 38.2 Å². The largest absolute Gasteiger partial charge is 0.378 e. The van der Waals surface area contributed by atoms with Crippen molar-refractivity contribution in [3.63, 3.8) is 0 Å². The molecule has 0 heterocycles. The SMILES string of the molecule is CCC1CCCC1(CN)Nc1cc(C)cc(Br)c1. The normalized spacial score (nSPS) is 27.4. The maximum Gasteiger partial charge on any atom is 0.0523 e. The molecule has 1 aromatic carbocycles. The van der Waals surface area contributed by atoms with Gasteiger partial charge in [-0.25, -0.2) is 0 Å². The zero-order chi connectivity index (χ0) is 13.2. The van der Waals surface area contributed by atoms with Crippen LogP contribution < -0.4 is 11.1 Å². The second kappa shape index (κ2) is 5.62. The van der Waals surface area contributed by atoms with Crippen LogP contribution in [-0.4, -0.2) is 12.1 Å². The first-order valence-corrected chi connectivity index (χ1v) is 7.64. The molecule has 0 bridgehead atoms. The third-order valence-corrected chi connectivity index (χ3v) is 4.71. The minimum atomic E-state index is 0.0992. The van der Waals surface area contributed by atoms with Crippen LogP contribution in [0.5, 0.6) is 0 Å². The number of aryl methyl sites for hydroxylation is 1. The van der Waals surface area contributed by atoms with E-state index in [1.54, 1.807) is 0 Å². The molecule has 0 aromatic heterocycles. The summed E-state index contributed by atoms with van der Waals surface area (Å²) in [6.07, 6.45) is 4.98. The van der Waals surface area contributed by atoms with Crippen LogP contribution in [0.15, 0.2) is 22.7 Å². The molecule has 0 amide bonds. The average molecular weight is 311 g/mol. The van der Waals surface area contributed by atoms with E-state index in [-0.39, 0.29) is 5.54 Å². The van der Waals surface area contributed by atoms with Crippen LogP contribution in [0.3, 0.4) is 0 Å². The van der Waals surface area contributed by atoms with E-state index >= 15 is 0 Å². The van der Waals surface area contributed by atoms with Gasteiger partial charge in [0.1, 0.15) is 0 Å². The lowest BCUT2D eigenvalue weighted by Crippen LogP contribution is -2.48. The Labute approximate surface area is 118 Å². The van der Waals surface area contributed by atoms with Gasteiger partial charge in [0.25, 0.3) is 0 Å². The van der Waals surface area contributed by atoms with Gasteiger partial charge in [-0.1, -0.05) is 35.7 Å². The van der Waals surface area contributed by atoms with Gasteiger partial charge in [-0.15, -0.1) is 0 Å². The highest BCUT2D eigenvalue weighted by atomic mass is 79.9. The number of nitrogens with one attached hydrogen (secondary N) is 1. The van der Waals surface area contributed by atoms with Gasteiger partial charge < -0.3 is 11.1 Å². The fourth-order valence-corrected chi connectivity index (χ4v) is 3.93. The molecule has 0 saturated heterocycles. The summed E-state index contributed by atoms with van der Waals surface area (Å²) < 4.78 is 1.13. The zero-order valence-electron chi connectivity index (χ0n) is 11.3. The van der Waals surface area contributed by atoms with Gasteiger partial charge >= 0.3 is 0 Å². The summed E-state index contributed by atoms with van der Waals surface area (Å²) in [7, 11) is 0. The van der Waals surface area contributed by atoms with E-state index in [1.807, 2.05) is 0 Å². The van der Waals surface area contributed by atoms with Crippen molar-refractivity contribution < 1.29 is 0 Å². The fourth-order valence-electron chi connectivity index (χ4n) is 3.32. The molecule has 1 aliphatic carbocycles. The molecule has 18 heavy (non-hydrogen) atoms. The molecular weight excluding hydrogens is 288 g/mol. The summed E-state index contributed by atoms with van der Waals surface area (Å²) in [6, 6.07) is 6.48. The molecule has 0 radical (unpaired) electrons. The van der Waals surface area contributed by atoms with Crippen LogP contribution in [-0.2, 0) is 0 Å². The number of rotatable bonds is 4. The predicted molar refractivity (Wildman–Crippen MR) is 81.9 cm³/mol. The van der Waals surface area contributed by atoms with E-state index < -0.39 is 0 Å². The molecule has 0 spiro atoms. The second-order valence-corrected chi connectivity index (χ2v) is 6.42. The van der Waals surface area contributed by atoms with E-state index in [2.05, 4.69) is 53.3 Å². The van der Waals surface area contributed by atoms with E-state index in [9.17, 15) is 0 Å². The van der Waals surface area contributed by atoms with E-state index in [0.717, 1.165) is 11.0 Å². The molecule has 1 aliphatic rings. The lowest BCUT2D eigenvalue weighted by atomic mass is 9.84. The van der Waals surface area contributed by atoms with Crippen molar-refractivity contribution >= 4 is 21.6 Å². The lowest BCUT2D eigenvalue weighted by Gasteiger charge is -2.36. The van der Waals surface area contributed by atoms with E-state index in [0.29, 0.717) is 5.92 Å². The standard InChI is InChI=1S/C15H23BrN2/c1-3-12-5-4-6-15(12,10-17)18-14-8-11(2)7-13(16)9-14/h7-9,12,18H,3-6,10,17H2,1-2H3. The van der Waals surface area contributed by atoms with E-state index in [4.69, 9.17) is 5.73 Å². The monoisotopic (exact) mass is 310 g/mol. The van der Waals surface area contributed by atoms with E-state index in [1.165, 1.54) is 36.9 Å². The summed E-state index contributed by atoms with van der Waals surface area (Å²) in [5.41, 5.74) is 8.64. The summed E-state index contributed by atoms with van der Waals surface area (Å²) in [4.78, 5) is 0. The second-order valence-electron chi connectivity index (χ2n) is 5.50. The highest BCUT2D eigenvalue weighted by Gasteiger charge is 2.40. The molecule has 2 unspecified atom stereocenters. The third-order valence-electron chi connectivity index (χ3n) is 4.25. The van der Waals surface area contributed by atoms with Crippen molar-refractivity contribution in [3.05, 3.63) is 28.2 Å². The predicted octanol–water partition coefficient (Wildman–Crippen LogP) is 4.08.